The number of carbonyl (C=O) groups excluding carboxylic acids is 1. The number of carbonyl (C=O) groups is 1. The van der Waals surface area contributed by atoms with E-state index in [1.807, 2.05) is 50.4 Å². The number of aromatic nitrogens is 1. The summed E-state index contributed by atoms with van der Waals surface area (Å²) in [7, 11) is 0. The average Bonchev–Trinajstić information content (AvgIpc) is 2.82. The van der Waals surface area contributed by atoms with Gasteiger partial charge >= 0.3 is 0 Å². The van der Waals surface area contributed by atoms with Crippen LogP contribution >= 0.6 is 11.3 Å². The molecule has 1 aromatic heterocycles. The summed E-state index contributed by atoms with van der Waals surface area (Å²) in [5, 5.41) is 6.98. The average molecular weight is 287 g/mol. The molecule has 5 heteroatoms. The van der Waals surface area contributed by atoms with E-state index in [-0.39, 0.29) is 12.3 Å². The molecule has 0 unspecified atom stereocenters. The van der Waals surface area contributed by atoms with Gasteiger partial charge in [-0.1, -0.05) is 29.8 Å². The first-order valence-electron chi connectivity index (χ1n) is 6.36. The van der Waals surface area contributed by atoms with Gasteiger partial charge < -0.3 is 0 Å². The Kier molecular flexibility index (Phi) is 4.63. The second-order valence-electron chi connectivity index (χ2n) is 4.63. The number of thiazole rings is 1. The van der Waals surface area contributed by atoms with Crippen molar-refractivity contribution in [1.29, 1.82) is 0 Å². The Labute approximate surface area is 122 Å². The van der Waals surface area contributed by atoms with Crippen molar-refractivity contribution in [2.75, 3.05) is 0 Å². The molecule has 0 atom stereocenters. The summed E-state index contributed by atoms with van der Waals surface area (Å²) in [5.41, 5.74) is 6.34. The highest BCUT2D eigenvalue weighted by molar-refractivity contribution is 7.09. The van der Waals surface area contributed by atoms with Crippen LogP contribution in [0.5, 0.6) is 0 Å². The Morgan fingerprint density at radius 1 is 1.30 bits per heavy atom. The second kappa shape index (κ2) is 6.43. The van der Waals surface area contributed by atoms with Crippen LogP contribution in [0.2, 0.25) is 0 Å². The molecule has 2 rings (SSSR count). The molecule has 1 N–H and O–H groups in total. The van der Waals surface area contributed by atoms with Crippen LogP contribution in [-0.4, -0.2) is 16.6 Å². The Hall–Kier alpha value is -2.01. The summed E-state index contributed by atoms with van der Waals surface area (Å²) in [6.07, 6.45) is 0.259. The smallest absolute Gasteiger partial charge is 0.246 e. The summed E-state index contributed by atoms with van der Waals surface area (Å²) in [6, 6.07) is 8.02. The van der Waals surface area contributed by atoms with Gasteiger partial charge in [0, 0.05) is 5.38 Å². The topological polar surface area (TPSA) is 54.4 Å². The minimum Gasteiger partial charge on any atom is -0.273 e. The lowest BCUT2D eigenvalue weighted by molar-refractivity contribution is -0.120. The van der Waals surface area contributed by atoms with E-state index in [1.54, 1.807) is 11.3 Å². The molecule has 0 saturated carbocycles. The van der Waals surface area contributed by atoms with Crippen LogP contribution in [-0.2, 0) is 11.2 Å². The van der Waals surface area contributed by atoms with Crippen LogP contribution in [0.4, 0.5) is 0 Å². The van der Waals surface area contributed by atoms with Crippen LogP contribution in [0, 0.1) is 13.8 Å². The summed E-state index contributed by atoms with van der Waals surface area (Å²) in [6.45, 7) is 5.83. The Morgan fingerprint density at radius 3 is 2.60 bits per heavy atom. The number of amides is 1. The molecule has 4 nitrogen and oxygen atoms in total. The fourth-order valence-electron chi connectivity index (χ4n) is 1.70. The first-order valence-corrected chi connectivity index (χ1v) is 7.24. The predicted octanol–water partition coefficient (Wildman–Crippen LogP) is 2.84. The van der Waals surface area contributed by atoms with Crippen LogP contribution in [0.15, 0.2) is 34.7 Å². The van der Waals surface area contributed by atoms with Crippen molar-refractivity contribution >= 4 is 23.0 Å². The van der Waals surface area contributed by atoms with Gasteiger partial charge in [0.25, 0.3) is 0 Å². The zero-order chi connectivity index (χ0) is 14.5. The molecule has 0 spiro atoms. The predicted molar refractivity (Wildman–Crippen MR) is 82.1 cm³/mol. The molecule has 0 aliphatic heterocycles. The van der Waals surface area contributed by atoms with Crippen molar-refractivity contribution in [2.24, 2.45) is 5.10 Å². The summed E-state index contributed by atoms with van der Waals surface area (Å²) in [4.78, 5) is 16.0. The number of nitrogens with zero attached hydrogens (tertiary/aromatic N) is 2. The SMILES string of the molecule is CC(=NNC(=O)Cc1csc(C)n1)c1ccc(C)cc1. The number of hydrogen-bond donors (Lipinski definition) is 1. The molecular weight excluding hydrogens is 270 g/mol. The van der Waals surface area contributed by atoms with Gasteiger partial charge in [0.15, 0.2) is 0 Å². The molecule has 0 bridgehead atoms. The number of rotatable bonds is 4. The zero-order valence-corrected chi connectivity index (χ0v) is 12.6. The van der Waals surface area contributed by atoms with E-state index < -0.39 is 0 Å². The Bertz CT molecular complexity index is 629. The first kappa shape index (κ1) is 14.4. The fraction of sp³-hybridized carbons (Fsp3) is 0.267. The summed E-state index contributed by atoms with van der Waals surface area (Å²) in [5.74, 6) is -0.151. The quantitative estimate of drug-likeness (QED) is 0.694. The maximum Gasteiger partial charge on any atom is 0.246 e. The fourth-order valence-corrected chi connectivity index (χ4v) is 2.31. The lowest BCUT2D eigenvalue weighted by atomic mass is 10.1. The highest BCUT2D eigenvalue weighted by Gasteiger charge is 2.06. The van der Waals surface area contributed by atoms with E-state index in [9.17, 15) is 4.79 Å². The van der Waals surface area contributed by atoms with Crippen LogP contribution in [0.1, 0.15) is 28.8 Å². The molecular formula is C15H17N3OS. The molecule has 0 fully saturated rings. The zero-order valence-electron chi connectivity index (χ0n) is 11.8. The first-order chi connectivity index (χ1) is 9.54. The van der Waals surface area contributed by atoms with E-state index in [2.05, 4.69) is 15.5 Å². The van der Waals surface area contributed by atoms with E-state index in [4.69, 9.17) is 0 Å². The van der Waals surface area contributed by atoms with Crippen LogP contribution < -0.4 is 5.43 Å². The minimum absolute atomic E-state index is 0.151. The van der Waals surface area contributed by atoms with Crippen molar-refractivity contribution in [1.82, 2.24) is 10.4 Å². The third-order valence-corrected chi connectivity index (χ3v) is 3.65. The lowest BCUT2D eigenvalue weighted by Gasteiger charge is -2.02. The molecule has 20 heavy (non-hydrogen) atoms. The molecule has 1 aromatic carbocycles. The van der Waals surface area contributed by atoms with Crippen molar-refractivity contribution in [3.05, 3.63) is 51.5 Å². The van der Waals surface area contributed by atoms with Crippen molar-refractivity contribution in [3.63, 3.8) is 0 Å². The standard InChI is InChI=1S/C15H17N3OS/c1-10-4-6-13(7-5-10)11(2)17-18-15(19)8-14-9-20-12(3)16-14/h4-7,9H,8H2,1-3H3,(H,18,19). The number of benzene rings is 1. The van der Waals surface area contributed by atoms with Crippen molar-refractivity contribution in [3.8, 4) is 0 Å². The van der Waals surface area contributed by atoms with Gasteiger partial charge in [-0.2, -0.15) is 5.10 Å². The minimum atomic E-state index is -0.151. The highest BCUT2D eigenvalue weighted by atomic mass is 32.1. The van der Waals surface area contributed by atoms with Gasteiger partial charge in [0.05, 0.1) is 22.8 Å². The lowest BCUT2D eigenvalue weighted by Crippen LogP contribution is -2.21. The van der Waals surface area contributed by atoms with Gasteiger partial charge in [0.1, 0.15) is 0 Å². The molecule has 104 valence electrons. The van der Waals surface area contributed by atoms with E-state index >= 15 is 0 Å². The largest absolute Gasteiger partial charge is 0.273 e. The third-order valence-electron chi connectivity index (χ3n) is 2.83. The summed E-state index contributed by atoms with van der Waals surface area (Å²) >= 11 is 1.54. The number of aryl methyl sites for hydroxylation is 2. The van der Waals surface area contributed by atoms with Gasteiger partial charge in [-0.25, -0.2) is 10.4 Å². The molecule has 0 aliphatic carbocycles. The molecule has 0 radical (unpaired) electrons. The molecule has 0 aliphatic rings. The highest BCUT2D eigenvalue weighted by Crippen LogP contribution is 2.08. The van der Waals surface area contributed by atoms with Gasteiger partial charge in [0.2, 0.25) is 5.91 Å². The van der Waals surface area contributed by atoms with Crippen molar-refractivity contribution < 1.29 is 4.79 Å². The number of nitrogens with one attached hydrogen (secondary N) is 1. The van der Waals surface area contributed by atoms with E-state index in [0.717, 1.165) is 22.0 Å². The molecule has 2 aromatic rings. The maximum absolute atomic E-state index is 11.8. The van der Waals surface area contributed by atoms with Gasteiger partial charge in [-0.3, -0.25) is 4.79 Å². The Morgan fingerprint density at radius 2 is 2.00 bits per heavy atom. The molecule has 0 saturated heterocycles. The number of hydrazone groups is 1. The molecule has 1 amide bonds. The monoisotopic (exact) mass is 287 g/mol. The normalized spacial score (nSPS) is 11.4. The maximum atomic E-state index is 11.8. The Balaban J connectivity index is 1.94. The summed E-state index contributed by atoms with van der Waals surface area (Å²) < 4.78 is 0. The van der Waals surface area contributed by atoms with Crippen LogP contribution in [0.25, 0.3) is 0 Å². The van der Waals surface area contributed by atoms with Crippen molar-refractivity contribution in [2.45, 2.75) is 27.2 Å². The third kappa shape index (κ3) is 3.99. The van der Waals surface area contributed by atoms with Gasteiger partial charge in [-0.05, 0) is 26.3 Å². The van der Waals surface area contributed by atoms with E-state index in [0.29, 0.717) is 0 Å². The second-order valence-corrected chi connectivity index (χ2v) is 5.70. The number of hydrogen-bond acceptors (Lipinski definition) is 4. The van der Waals surface area contributed by atoms with Gasteiger partial charge in [-0.15, -0.1) is 11.3 Å². The van der Waals surface area contributed by atoms with E-state index in [1.165, 1.54) is 5.56 Å². The van der Waals surface area contributed by atoms with Crippen LogP contribution in [0.3, 0.4) is 0 Å². The molecule has 1 heterocycles.